The number of carbonyl (C=O) groups is 1. The minimum atomic E-state index is -3.91. The number of fused-ring (bicyclic) bond motifs is 2. The maximum absolute atomic E-state index is 13.4. The van der Waals surface area contributed by atoms with Gasteiger partial charge in [0.1, 0.15) is 6.33 Å². The fourth-order valence-corrected chi connectivity index (χ4v) is 6.58. The van der Waals surface area contributed by atoms with Crippen LogP contribution in [-0.2, 0) is 23.1 Å². The van der Waals surface area contributed by atoms with Crippen molar-refractivity contribution < 1.29 is 13.2 Å². The van der Waals surface area contributed by atoms with Crippen LogP contribution in [0.4, 0.5) is 10.5 Å². The summed E-state index contributed by atoms with van der Waals surface area (Å²) >= 11 is 0. The Bertz CT molecular complexity index is 2200. The quantitative estimate of drug-likeness (QED) is 0.284. The predicted octanol–water partition coefficient (Wildman–Crippen LogP) is 4.94. The number of aromatic amines is 1. The summed E-state index contributed by atoms with van der Waals surface area (Å²) in [7, 11) is -3.91. The van der Waals surface area contributed by atoms with Crippen molar-refractivity contribution in [1.82, 2.24) is 29.0 Å². The van der Waals surface area contributed by atoms with Gasteiger partial charge in [-0.05, 0) is 60.5 Å². The molecule has 6 aromatic rings. The second kappa shape index (κ2) is 10.6. The molecule has 0 spiro atoms. The molecule has 0 fully saturated rings. The van der Waals surface area contributed by atoms with E-state index in [4.69, 9.17) is 0 Å². The lowest BCUT2D eigenvalue weighted by Crippen LogP contribution is -2.30. The first kappa shape index (κ1) is 27.2. The van der Waals surface area contributed by atoms with Gasteiger partial charge in [-0.25, -0.2) is 27.3 Å². The Morgan fingerprint density at radius 1 is 0.932 bits per heavy atom. The van der Waals surface area contributed by atoms with Gasteiger partial charge in [0.2, 0.25) is 0 Å². The van der Waals surface area contributed by atoms with Crippen LogP contribution in [0.25, 0.3) is 33.4 Å². The number of nitrogens with zero attached hydrogens (tertiary/aromatic N) is 5. The lowest BCUT2D eigenvalue weighted by Gasteiger charge is -2.16. The molecule has 12 heteroatoms. The fraction of sp³-hybridized carbons (Fsp3) is 0.0938. The molecule has 3 aromatic carbocycles. The molecular weight excluding hydrogens is 578 g/mol. The van der Waals surface area contributed by atoms with E-state index in [1.54, 1.807) is 90.1 Å². The molecule has 2 amide bonds. The molecule has 0 bridgehead atoms. The smallest absolute Gasteiger partial charge is 0.316 e. The molecule has 2 N–H and O–H groups in total. The van der Waals surface area contributed by atoms with Crippen LogP contribution in [-0.4, -0.2) is 43.5 Å². The molecule has 11 nitrogen and oxygen atoms in total. The van der Waals surface area contributed by atoms with Crippen LogP contribution >= 0.6 is 0 Å². The summed E-state index contributed by atoms with van der Waals surface area (Å²) in [4.78, 5) is 36.2. The number of imidazole rings is 1. The highest BCUT2D eigenvalue weighted by molar-refractivity contribution is 7.90. The number of hydrogen-bond acceptors (Lipinski definition) is 7. The van der Waals surface area contributed by atoms with Gasteiger partial charge in [-0.3, -0.25) is 9.78 Å². The van der Waals surface area contributed by atoms with Gasteiger partial charge in [-0.1, -0.05) is 42.0 Å². The number of amides is 2. The van der Waals surface area contributed by atoms with Crippen LogP contribution in [0, 0.1) is 6.92 Å². The van der Waals surface area contributed by atoms with E-state index < -0.39 is 15.6 Å². The molecule has 44 heavy (non-hydrogen) atoms. The monoisotopic (exact) mass is 603 g/mol. The van der Waals surface area contributed by atoms with E-state index in [2.05, 4.69) is 25.5 Å². The molecule has 7 rings (SSSR count). The van der Waals surface area contributed by atoms with Gasteiger partial charge in [-0.2, -0.15) is 5.10 Å². The number of H-pyrrole nitrogens is 1. The number of aryl methyl sites for hydroxylation is 1. The lowest BCUT2D eigenvalue weighted by molar-refractivity contribution is 0.212. The Hall–Kier alpha value is -5.62. The third kappa shape index (κ3) is 4.80. The summed E-state index contributed by atoms with van der Waals surface area (Å²) in [5, 5.41) is 9.69. The summed E-state index contributed by atoms with van der Waals surface area (Å²) < 4.78 is 27.9. The van der Waals surface area contributed by atoms with Crippen molar-refractivity contribution >= 4 is 32.8 Å². The topological polar surface area (TPSA) is 143 Å². The van der Waals surface area contributed by atoms with Crippen molar-refractivity contribution in [3.63, 3.8) is 0 Å². The van der Waals surface area contributed by atoms with E-state index in [9.17, 15) is 18.0 Å². The van der Waals surface area contributed by atoms with Gasteiger partial charge >= 0.3 is 6.03 Å². The Labute approximate surface area is 251 Å². The molecule has 1 aliphatic rings. The molecule has 0 atom stereocenters. The highest BCUT2D eigenvalue weighted by Crippen LogP contribution is 2.30. The SMILES string of the molecule is Cc1ccc(S(=O)(=O)n2cnc3c(-c4cc(-c5ccc(NC(=O)N6Cc7ccncc7C6)cc5)n[nH]c4=O)cccc32)cc1. The molecule has 4 heterocycles. The minimum Gasteiger partial charge on any atom is -0.316 e. The first-order chi connectivity index (χ1) is 21.3. The Balaban J connectivity index is 1.16. The number of nitrogens with one attached hydrogen (secondary N) is 2. The lowest BCUT2D eigenvalue weighted by atomic mass is 10.0. The first-order valence-corrected chi connectivity index (χ1v) is 15.2. The average molecular weight is 604 g/mol. The fourth-order valence-electron chi connectivity index (χ4n) is 5.29. The van der Waals surface area contributed by atoms with Crippen molar-refractivity contribution in [2.24, 2.45) is 0 Å². The van der Waals surface area contributed by atoms with E-state index in [1.165, 1.54) is 6.33 Å². The van der Waals surface area contributed by atoms with Crippen LogP contribution in [0.5, 0.6) is 0 Å². The zero-order valence-electron chi connectivity index (χ0n) is 23.4. The third-order valence-corrected chi connectivity index (χ3v) is 9.34. The van der Waals surface area contributed by atoms with Gasteiger partial charge in [-0.15, -0.1) is 0 Å². The van der Waals surface area contributed by atoms with E-state index in [1.807, 2.05) is 13.0 Å². The molecule has 1 aliphatic heterocycles. The van der Waals surface area contributed by atoms with Gasteiger partial charge in [0, 0.05) is 42.3 Å². The molecule has 0 saturated carbocycles. The maximum Gasteiger partial charge on any atom is 0.322 e. The van der Waals surface area contributed by atoms with Crippen LogP contribution in [0.1, 0.15) is 16.7 Å². The molecule has 0 aliphatic carbocycles. The number of urea groups is 1. The summed E-state index contributed by atoms with van der Waals surface area (Å²) in [6, 6.07) is 22.1. The number of carbonyl (C=O) groups excluding carboxylic acids is 1. The molecule has 3 aromatic heterocycles. The van der Waals surface area contributed by atoms with Crippen molar-refractivity contribution in [3.05, 3.63) is 125 Å². The third-order valence-electron chi connectivity index (χ3n) is 7.66. The van der Waals surface area contributed by atoms with E-state index in [0.29, 0.717) is 52.2 Å². The van der Waals surface area contributed by atoms with E-state index in [-0.39, 0.29) is 10.9 Å². The zero-order chi connectivity index (χ0) is 30.4. The predicted molar refractivity (Wildman–Crippen MR) is 165 cm³/mol. The van der Waals surface area contributed by atoms with E-state index in [0.717, 1.165) is 20.7 Å². The second-order valence-electron chi connectivity index (χ2n) is 10.5. The number of aromatic nitrogens is 5. The average Bonchev–Trinajstić information content (AvgIpc) is 3.68. The molecule has 0 radical (unpaired) electrons. The van der Waals surface area contributed by atoms with E-state index >= 15 is 0 Å². The summed E-state index contributed by atoms with van der Waals surface area (Å²) in [5.74, 6) is 0. The Morgan fingerprint density at radius 2 is 1.70 bits per heavy atom. The number of hydrogen-bond donors (Lipinski definition) is 2. The van der Waals surface area contributed by atoms with Crippen molar-refractivity contribution in [2.75, 3.05) is 5.32 Å². The molecule has 218 valence electrons. The van der Waals surface area contributed by atoms with Gasteiger partial charge in [0.25, 0.3) is 15.6 Å². The number of anilines is 1. The summed E-state index contributed by atoms with van der Waals surface area (Å²) in [6.07, 6.45) is 4.76. The maximum atomic E-state index is 13.4. The molecular formula is C32H25N7O4S. The van der Waals surface area contributed by atoms with Crippen LogP contribution in [0.3, 0.4) is 0 Å². The highest BCUT2D eigenvalue weighted by Gasteiger charge is 2.24. The normalized spacial score (nSPS) is 12.8. The number of rotatable bonds is 5. The van der Waals surface area contributed by atoms with Gasteiger partial charge < -0.3 is 10.2 Å². The van der Waals surface area contributed by atoms with Gasteiger partial charge in [0.15, 0.2) is 0 Å². The highest BCUT2D eigenvalue weighted by atomic mass is 32.2. The van der Waals surface area contributed by atoms with Crippen LogP contribution in [0.15, 0.2) is 107 Å². The van der Waals surface area contributed by atoms with Crippen molar-refractivity contribution in [3.8, 4) is 22.4 Å². The molecule has 0 unspecified atom stereocenters. The zero-order valence-corrected chi connectivity index (χ0v) is 24.2. The molecule has 0 saturated heterocycles. The van der Waals surface area contributed by atoms with Gasteiger partial charge in [0.05, 0.1) is 27.2 Å². The number of pyridine rings is 1. The standard InChI is InChI=1S/C32H25N7O4S/c1-20-5-11-25(12-6-20)44(42,43)39-19-34-30-26(3-2-4-29(30)39)27-15-28(36-37-31(27)40)21-7-9-24(10-8-21)35-32(41)38-17-22-13-14-33-16-23(22)18-38/h2-16,19H,17-18H2,1H3,(H,35,41)(H,37,40). The number of para-hydroxylation sites is 1. The van der Waals surface area contributed by atoms with Crippen LogP contribution < -0.4 is 10.9 Å². The van der Waals surface area contributed by atoms with Crippen molar-refractivity contribution in [1.29, 1.82) is 0 Å². The Morgan fingerprint density at radius 3 is 2.48 bits per heavy atom. The van der Waals surface area contributed by atoms with Crippen molar-refractivity contribution in [2.45, 2.75) is 24.9 Å². The number of benzene rings is 3. The summed E-state index contributed by atoms with van der Waals surface area (Å²) in [5.41, 5.74) is 5.90. The first-order valence-electron chi connectivity index (χ1n) is 13.7. The summed E-state index contributed by atoms with van der Waals surface area (Å²) in [6.45, 7) is 2.91. The second-order valence-corrected chi connectivity index (χ2v) is 12.4. The largest absolute Gasteiger partial charge is 0.322 e. The Kier molecular flexibility index (Phi) is 6.55. The van der Waals surface area contributed by atoms with Crippen LogP contribution in [0.2, 0.25) is 0 Å². The minimum absolute atomic E-state index is 0.138.